The van der Waals surface area contributed by atoms with Gasteiger partial charge in [0.15, 0.2) is 0 Å². The van der Waals surface area contributed by atoms with Gasteiger partial charge in [0.25, 0.3) is 0 Å². The van der Waals surface area contributed by atoms with Gasteiger partial charge in [0, 0.05) is 0 Å². The molecule has 0 saturated carbocycles. The van der Waals surface area contributed by atoms with Gasteiger partial charge in [-0.25, -0.2) is 9.82 Å². The van der Waals surface area contributed by atoms with Crippen molar-refractivity contribution in [2.75, 3.05) is 0 Å². The highest BCUT2D eigenvalue weighted by molar-refractivity contribution is 5.34. The van der Waals surface area contributed by atoms with Crippen molar-refractivity contribution in [3.63, 3.8) is 0 Å². The van der Waals surface area contributed by atoms with Crippen LogP contribution >= 0.6 is 0 Å². The van der Waals surface area contributed by atoms with Crippen molar-refractivity contribution in [2.45, 2.75) is 25.8 Å². The van der Waals surface area contributed by atoms with Gasteiger partial charge in [0.1, 0.15) is 5.82 Å². The third-order valence-electron chi connectivity index (χ3n) is 3.17. The number of hydrazine groups is 1. The topological polar surface area (TPSA) is 38.0 Å². The lowest BCUT2D eigenvalue weighted by molar-refractivity contribution is 0.605. The molecule has 100 valence electrons. The molecule has 0 amide bonds. The summed E-state index contributed by atoms with van der Waals surface area (Å²) in [7, 11) is 0. The Hall–Kier alpha value is -1.71. The van der Waals surface area contributed by atoms with Gasteiger partial charge in [-0.15, -0.1) is 0 Å². The molecule has 0 aromatic heterocycles. The zero-order valence-corrected chi connectivity index (χ0v) is 11.1. The quantitative estimate of drug-likeness (QED) is 0.637. The van der Waals surface area contributed by atoms with Crippen LogP contribution in [0.4, 0.5) is 4.39 Å². The lowest BCUT2D eigenvalue weighted by Crippen LogP contribution is -2.29. The maximum atomic E-state index is 13.3. The van der Waals surface area contributed by atoms with E-state index in [0.29, 0.717) is 0 Å². The molecule has 1 atom stereocenters. The fraction of sp³-hybridized carbons (Fsp3) is 0.250. The second-order valence-electron chi connectivity index (χ2n) is 4.65. The molecule has 2 aromatic carbocycles. The lowest BCUT2D eigenvalue weighted by Gasteiger charge is -2.17. The van der Waals surface area contributed by atoms with Crippen LogP contribution in [0.3, 0.4) is 0 Å². The maximum absolute atomic E-state index is 13.3. The molecule has 0 heterocycles. The average molecular weight is 258 g/mol. The first-order valence-electron chi connectivity index (χ1n) is 6.55. The summed E-state index contributed by atoms with van der Waals surface area (Å²) in [6, 6.07) is 14.6. The lowest BCUT2D eigenvalue weighted by atomic mass is 9.96. The molecule has 0 aliphatic heterocycles. The van der Waals surface area contributed by atoms with E-state index in [4.69, 9.17) is 5.84 Å². The number of nitrogens with two attached hydrogens (primary N) is 1. The largest absolute Gasteiger partial charge is 0.271 e. The summed E-state index contributed by atoms with van der Waals surface area (Å²) in [5.74, 6) is 5.39. The standard InChI is InChI=1S/C16H19FN2/c1-2-5-12-6-3-7-13(10-12)16(19-18)14-8-4-9-15(17)11-14/h3-4,6-11,16,19H,2,5,18H2,1H3. The number of rotatable bonds is 5. The van der Waals surface area contributed by atoms with Crippen molar-refractivity contribution in [1.82, 2.24) is 5.43 Å². The van der Waals surface area contributed by atoms with Crippen molar-refractivity contribution in [3.05, 3.63) is 71.0 Å². The van der Waals surface area contributed by atoms with Gasteiger partial charge in [-0.2, -0.15) is 0 Å². The van der Waals surface area contributed by atoms with E-state index in [2.05, 4.69) is 24.5 Å². The van der Waals surface area contributed by atoms with E-state index in [1.807, 2.05) is 18.2 Å². The minimum absolute atomic E-state index is 0.187. The molecule has 0 saturated heterocycles. The van der Waals surface area contributed by atoms with Crippen LogP contribution in [0.25, 0.3) is 0 Å². The molecule has 2 rings (SSSR count). The first kappa shape index (κ1) is 13.7. The zero-order valence-electron chi connectivity index (χ0n) is 11.1. The second-order valence-corrected chi connectivity index (χ2v) is 4.65. The molecular formula is C16H19FN2. The van der Waals surface area contributed by atoms with Crippen LogP contribution in [0, 0.1) is 5.82 Å². The Kier molecular flexibility index (Phi) is 4.66. The zero-order chi connectivity index (χ0) is 13.7. The highest BCUT2D eigenvalue weighted by Gasteiger charge is 2.13. The Labute approximate surface area is 113 Å². The van der Waals surface area contributed by atoms with Crippen molar-refractivity contribution >= 4 is 0 Å². The van der Waals surface area contributed by atoms with Crippen LogP contribution < -0.4 is 11.3 Å². The Morgan fingerprint density at radius 1 is 1.11 bits per heavy atom. The molecule has 0 aliphatic rings. The summed E-state index contributed by atoms with van der Waals surface area (Å²) in [4.78, 5) is 0. The number of nitrogens with one attached hydrogen (secondary N) is 1. The Morgan fingerprint density at radius 3 is 2.42 bits per heavy atom. The predicted molar refractivity (Wildman–Crippen MR) is 76.0 cm³/mol. The van der Waals surface area contributed by atoms with Crippen LogP contribution in [0.2, 0.25) is 0 Å². The van der Waals surface area contributed by atoms with Gasteiger partial charge in [-0.05, 0) is 35.2 Å². The van der Waals surface area contributed by atoms with E-state index in [1.165, 1.54) is 17.7 Å². The van der Waals surface area contributed by atoms with Crippen LogP contribution in [0.15, 0.2) is 48.5 Å². The van der Waals surface area contributed by atoms with Gasteiger partial charge < -0.3 is 0 Å². The summed E-state index contributed by atoms with van der Waals surface area (Å²) >= 11 is 0. The molecule has 0 bridgehead atoms. The van der Waals surface area contributed by atoms with Crippen molar-refractivity contribution in [1.29, 1.82) is 0 Å². The molecule has 3 N–H and O–H groups in total. The summed E-state index contributed by atoms with van der Waals surface area (Å²) in [5.41, 5.74) is 5.92. The first-order valence-corrected chi connectivity index (χ1v) is 6.55. The molecule has 3 heteroatoms. The van der Waals surface area contributed by atoms with Crippen LogP contribution in [0.5, 0.6) is 0 Å². The van der Waals surface area contributed by atoms with Gasteiger partial charge in [0.05, 0.1) is 6.04 Å². The molecular weight excluding hydrogens is 239 g/mol. The average Bonchev–Trinajstić information content (AvgIpc) is 2.41. The van der Waals surface area contributed by atoms with Crippen molar-refractivity contribution < 1.29 is 4.39 Å². The van der Waals surface area contributed by atoms with Crippen molar-refractivity contribution in [3.8, 4) is 0 Å². The number of benzene rings is 2. The van der Waals surface area contributed by atoms with Gasteiger partial charge in [0.2, 0.25) is 0 Å². The summed E-state index contributed by atoms with van der Waals surface area (Å²) < 4.78 is 13.3. The molecule has 0 aliphatic carbocycles. The van der Waals surface area contributed by atoms with Crippen LogP contribution in [0.1, 0.15) is 36.1 Å². The third kappa shape index (κ3) is 3.40. The molecule has 1 unspecified atom stereocenters. The SMILES string of the molecule is CCCc1cccc(C(NN)c2cccc(F)c2)c1. The summed E-state index contributed by atoms with van der Waals surface area (Å²) in [5, 5.41) is 0. The smallest absolute Gasteiger partial charge is 0.123 e. The van der Waals surface area contributed by atoms with E-state index in [0.717, 1.165) is 24.0 Å². The minimum atomic E-state index is -0.248. The number of aryl methyl sites for hydroxylation is 1. The molecule has 0 radical (unpaired) electrons. The van der Waals surface area contributed by atoms with Gasteiger partial charge in [-0.1, -0.05) is 49.7 Å². The summed E-state index contributed by atoms with van der Waals surface area (Å²) in [6.45, 7) is 2.15. The summed E-state index contributed by atoms with van der Waals surface area (Å²) in [6.07, 6.45) is 2.14. The number of halogens is 1. The highest BCUT2D eigenvalue weighted by Crippen LogP contribution is 2.23. The van der Waals surface area contributed by atoms with Crippen molar-refractivity contribution in [2.24, 2.45) is 5.84 Å². The normalized spacial score (nSPS) is 12.4. The van der Waals surface area contributed by atoms with Gasteiger partial charge >= 0.3 is 0 Å². The second kappa shape index (κ2) is 6.45. The Bertz CT molecular complexity index is 540. The monoisotopic (exact) mass is 258 g/mol. The van der Waals surface area contributed by atoms with E-state index >= 15 is 0 Å². The molecule has 0 spiro atoms. The van der Waals surface area contributed by atoms with E-state index < -0.39 is 0 Å². The molecule has 2 nitrogen and oxygen atoms in total. The van der Waals surface area contributed by atoms with E-state index in [1.54, 1.807) is 6.07 Å². The van der Waals surface area contributed by atoms with Gasteiger partial charge in [-0.3, -0.25) is 5.84 Å². The molecule has 2 aromatic rings. The third-order valence-corrected chi connectivity index (χ3v) is 3.17. The van der Waals surface area contributed by atoms with E-state index in [-0.39, 0.29) is 11.9 Å². The number of hydrogen-bond acceptors (Lipinski definition) is 2. The first-order chi connectivity index (χ1) is 9.24. The fourth-order valence-corrected chi connectivity index (χ4v) is 2.29. The number of hydrogen-bond donors (Lipinski definition) is 2. The Morgan fingerprint density at radius 2 is 1.79 bits per heavy atom. The maximum Gasteiger partial charge on any atom is 0.123 e. The Balaban J connectivity index is 2.33. The highest BCUT2D eigenvalue weighted by atomic mass is 19.1. The molecule has 0 fully saturated rings. The predicted octanol–water partition coefficient (Wildman–Crippen LogP) is 3.33. The van der Waals surface area contributed by atoms with Crippen LogP contribution in [-0.2, 0) is 6.42 Å². The fourth-order valence-electron chi connectivity index (χ4n) is 2.29. The molecule has 19 heavy (non-hydrogen) atoms. The minimum Gasteiger partial charge on any atom is -0.271 e. The van der Waals surface area contributed by atoms with Crippen LogP contribution in [-0.4, -0.2) is 0 Å². The van der Waals surface area contributed by atoms with E-state index in [9.17, 15) is 4.39 Å².